The largest absolute Gasteiger partial charge is 0.476 e. The molecule has 2 aromatic heterocycles. The van der Waals surface area contributed by atoms with Crippen LogP contribution in [0.1, 0.15) is 21.1 Å². The molecule has 2 rings (SSSR count). The topological polar surface area (TPSA) is 75.1 Å². The molecule has 0 unspecified atom stereocenters. The van der Waals surface area contributed by atoms with E-state index in [1.54, 1.807) is 17.8 Å². The second kappa shape index (κ2) is 5.51. The molecule has 2 aromatic rings. The van der Waals surface area contributed by atoms with Gasteiger partial charge in [-0.2, -0.15) is 0 Å². The van der Waals surface area contributed by atoms with Crippen LogP contribution in [0.3, 0.4) is 0 Å². The molecule has 0 saturated carbocycles. The minimum absolute atomic E-state index is 0.128. The minimum atomic E-state index is -0.978. The number of aromatic carboxylic acids is 1. The maximum Gasteiger partial charge on any atom is 0.365 e. The standard InChI is InChI=1S/C11H11N3O2S/c15-11(16)10-14-9(7-17-10)6-13-5-8-2-1-3-12-4-8/h1-4,7,13H,5-6H2,(H,15,16). The number of nitrogens with one attached hydrogen (secondary N) is 1. The molecule has 0 fully saturated rings. The van der Waals surface area contributed by atoms with E-state index in [-0.39, 0.29) is 5.01 Å². The number of hydrogen-bond donors (Lipinski definition) is 2. The summed E-state index contributed by atoms with van der Waals surface area (Å²) in [4.78, 5) is 18.6. The van der Waals surface area contributed by atoms with Crippen LogP contribution in [0.25, 0.3) is 0 Å². The van der Waals surface area contributed by atoms with Crippen LogP contribution in [0, 0.1) is 0 Å². The van der Waals surface area contributed by atoms with Gasteiger partial charge in [-0.1, -0.05) is 6.07 Å². The zero-order valence-corrected chi connectivity index (χ0v) is 9.78. The van der Waals surface area contributed by atoms with Crippen molar-refractivity contribution in [2.45, 2.75) is 13.1 Å². The second-order valence-corrected chi connectivity index (χ2v) is 4.27. The lowest BCUT2D eigenvalue weighted by Gasteiger charge is -2.01. The van der Waals surface area contributed by atoms with Crippen LogP contribution < -0.4 is 5.32 Å². The summed E-state index contributed by atoms with van der Waals surface area (Å²) < 4.78 is 0. The molecule has 0 radical (unpaired) electrons. The van der Waals surface area contributed by atoms with Gasteiger partial charge in [0.25, 0.3) is 0 Å². The van der Waals surface area contributed by atoms with Crippen molar-refractivity contribution in [2.24, 2.45) is 0 Å². The molecule has 0 aromatic carbocycles. The quantitative estimate of drug-likeness (QED) is 0.840. The molecule has 0 aliphatic rings. The molecule has 2 N–H and O–H groups in total. The maximum absolute atomic E-state index is 10.6. The van der Waals surface area contributed by atoms with E-state index in [1.807, 2.05) is 12.1 Å². The smallest absolute Gasteiger partial charge is 0.365 e. The molecule has 88 valence electrons. The summed E-state index contributed by atoms with van der Waals surface area (Å²) in [5.74, 6) is -0.978. The third-order valence-corrected chi connectivity index (χ3v) is 2.97. The highest BCUT2D eigenvalue weighted by molar-refractivity contribution is 7.11. The average molecular weight is 249 g/mol. The predicted molar refractivity (Wildman–Crippen MR) is 63.9 cm³/mol. The van der Waals surface area contributed by atoms with Gasteiger partial charge in [-0.25, -0.2) is 9.78 Å². The third kappa shape index (κ3) is 3.33. The summed E-state index contributed by atoms with van der Waals surface area (Å²) >= 11 is 1.14. The molecule has 0 bridgehead atoms. The Bertz CT molecular complexity index is 498. The van der Waals surface area contributed by atoms with Gasteiger partial charge in [-0.3, -0.25) is 4.98 Å². The number of carboxylic acid groups (broad SMARTS) is 1. The van der Waals surface area contributed by atoms with Crippen molar-refractivity contribution in [3.63, 3.8) is 0 Å². The predicted octanol–water partition coefficient (Wildman–Crippen LogP) is 1.53. The lowest BCUT2D eigenvalue weighted by Crippen LogP contribution is -2.13. The van der Waals surface area contributed by atoms with Crippen LogP contribution >= 0.6 is 11.3 Å². The van der Waals surface area contributed by atoms with Gasteiger partial charge in [0.05, 0.1) is 5.69 Å². The first-order valence-electron chi connectivity index (χ1n) is 5.03. The first kappa shape index (κ1) is 11.7. The molecule has 0 saturated heterocycles. The molecule has 2 heterocycles. The number of carbonyl (C=O) groups is 1. The van der Waals surface area contributed by atoms with Crippen molar-refractivity contribution in [1.82, 2.24) is 15.3 Å². The van der Waals surface area contributed by atoms with E-state index >= 15 is 0 Å². The van der Waals surface area contributed by atoms with Gasteiger partial charge in [0.15, 0.2) is 0 Å². The van der Waals surface area contributed by atoms with E-state index in [0.29, 0.717) is 13.1 Å². The molecular formula is C11H11N3O2S. The summed E-state index contributed by atoms with van der Waals surface area (Å²) in [5.41, 5.74) is 1.83. The fraction of sp³-hybridized carbons (Fsp3) is 0.182. The lowest BCUT2D eigenvalue weighted by molar-refractivity contribution is 0.0696. The molecule has 0 spiro atoms. The number of hydrogen-bond acceptors (Lipinski definition) is 5. The highest BCUT2D eigenvalue weighted by atomic mass is 32.1. The van der Waals surface area contributed by atoms with E-state index in [9.17, 15) is 4.79 Å². The highest BCUT2D eigenvalue weighted by Crippen LogP contribution is 2.09. The van der Waals surface area contributed by atoms with Crippen molar-refractivity contribution >= 4 is 17.3 Å². The number of nitrogens with zero attached hydrogens (tertiary/aromatic N) is 2. The number of thiazole rings is 1. The Morgan fingerprint density at radius 3 is 3.00 bits per heavy atom. The van der Waals surface area contributed by atoms with Crippen molar-refractivity contribution in [3.05, 3.63) is 46.2 Å². The van der Waals surface area contributed by atoms with Crippen LogP contribution in [-0.2, 0) is 13.1 Å². The zero-order chi connectivity index (χ0) is 12.1. The Balaban J connectivity index is 1.84. The summed E-state index contributed by atoms with van der Waals surface area (Å²) in [6.45, 7) is 1.24. The summed E-state index contributed by atoms with van der Waals surface area (Å²) in [6.07, 6.45) is 3.51. The van der Waals surface area contributed by atoms with E-state index in [2.05, 4.69) is 15.3 Å². The average Bonchev–Trinajstić information content (AvgIpc) is 2.79. The maximum atomic E-state index is 10.6. The zero-order valence-electron chi connectivity index (χ0n) is 8.96. The van der Waals surface area contributed by atoms with Crippen LogP contribution in [0.15, 0.2) is 29.9 Å². The van der Waals surface area contributed by atoms with Crippen molar-refractivity contribution in [1.29, 1.82) is 0 Å². The summed E-state index contributed by atoms with van der Waals surface area (Å²) in [6, 6.07) is 3.85. The van der Waals surface area contributed by atoms with Gasteiger partial charge in [-0.05, 0) is 11.6 Å². The van der Waals surface area contributed by atoms with Crippen molar-refractivity contribution in [3.8, 4) is 0 Å². The van der Waals surface area contributed by atoms with Gasteiger partial charge in [-0.15, -0.1) is 11.3 Å². The SMILES string of the molecule is O=C(O)c1nc(CNCc2cccnc2)cs1. The van der Waals surface area contributed by atoms with Crippen LogP contribution in [0.2, 0.25) is 0 Å². The molecule has 5 nitrogen and oxygen atoms in total. The Labute approximate surface area is 102 Å². The second-order valence-electron chi connectivity index (χ2n) is 3.41. The van der Waals surface area contributed by atoms with Gasteiger partial charge in [0.1, 0.15) is 0 Å². The molecule has 6 heteroatoms. The summed E-state index contributed by atoms with van der Waals surface area (Å²) in [5, 5.41) is 13.8. The molecular weight excluding hydrogens is 238 g/mol. The van der Waals surface area contributed by atoms with Crippen LogP contribution in [0.4, 0.5) is 0 Å². The number of carboxylic acids is 1. The van der Waals surface area contributed by atoms with Gasteiger partial charge in [0.2, 0.25) is 5.01 Å². The minimum Gasteiger partial charge on any atom is -0.476 e. The van der Waals surface area contributed by atoms with Gasteiger partial charge in [0, 0.05) is 30.9 Å². The fourth-order valence-electron chi connectivity index (χ4n) is 1.32. The molecule has 0 atom stereocenters. The Morgan fingerprint density at radius 1 is 1.47 bits per heavy atom. The molecule has 0 aliphatic heterocycles. The molecule has 0 aliphatic carbocycles. The highest BCUT2D eigenvalue weighted by Gasteiger charge is 2.08. The lowest BCUT2D eigenvalue weighted by atomic mass is 10.3. The van der Waals surface area contributed by atoms with Crippen LogP contribution in [0.5, 0.6) is 0 Å². The van der Waals surface area contributed by atoms with Gasteiger partial charge < -0.3 is 10.4 Å². The monoisotopic (exact) mass is 249 g/mol. The summed E-state index contributed by atoms with van der Waals surface area (Å²) in [7, 11) is 0. The van der Waals surface area contributed by atoms with E-state index in [0.717, 1.165) is 22.6 Å². The molecule has 17 heavy (non-hydrogen) atoms. The Hall–Kier alpha value is -1.79. The number of rotatable bonds is 5. The normalized spacial score (nSPS) is 10.4. The van der Waals surface area contributed by atoms with E-state index in [4.69, 9.17) is 5.11 Å². The van der Waals surface area contributed by atoms with Crippen molar-refractivity contribution in [2.75, 3.05) is 0 Å². The van der Waals surface area contributed by atoms with E-state index < -0.39 is 5.97 Å². The first-order valence-corrected chi connectivity index (χ1v) is 5.91. The fourth-order valence-corrected chi connectivity index (χ4v) is 1.98. The van der Waals surface area contributed by atoms with Gasteiger partial charge >= 0.3 is 5.97 Å². The van der Waals surface area contributed by atoms with Crippen molar-refractivity contribution < 1.29 is 9.90 Å². The van der Waals surface area contributed by atoms with Crippen LogP contribution in [-0.4, -0.2) is 21.0 Å². The first-order chi connectivity index (χ1) is 8.25. The number of pyridine rings is 1. The Morgan fingerprint density at radius 2 is 2.35 bits per heavy atom. The third-order valence-electron chi connectivity index (χ3n) is 2.09. The Kier molecular flexibility index (Phi) is 3.79. The number of aromatic nitrogens is 2. The molecule has 0 amide bonds. The van der Waals surface area contributed by atoms with E-state index in [1.165, 1.54) is 0 Å².